The fourth-order valence-electron chi connectivity index (χ4n) is 7.41. The van der Waals surface area contributed by atoms with Crippen molar-refractivity contribution < 1.29 is 82.6 Å². The largest absolute Gasteiger partial charge is 0.497 e. The lowest BCUT2D eigenvalue weighted by Gasteiger charge is -2.20. The number of nitrogens with zero attached hydrogens (tertiary/aromatic N) is 10. The highest BCUT2D eigenvalue weighted by Crippen LogP contribution is 2.43. The molecule has 0 aliphatic heterocycles. The summed E-state index contributed by atoms with van der Waals surface area (Å²) >= 11 is 5.95. The molecule has 89 heavy (non-hydrogen) atoms. The van der Waals surface area contributed by atoms with Crippen LogP contribution in [0.5, 0.6) is 34.5 Å². The van der Waals surface area contributed by atoms with Crippen molar-refractivity contribution in [2.24, 2.45) is 0 Å². The highest BCUT2D eigenvalue weighted by molar-refractivity contribution is 7.93. The van der Waals surface area contributed by atoms with Gasteiger partial charge in [-0.15, -0.1) is 0 Å². The van der Waals surface area contributed by atoms with Gasteiger partial charge in [0.25, 0.3) is 20.0 Å². The van der Waals surface area contributed by atoms with E-state index in [9.17, 15) is 49.1 Å². The summed E-state index contributed by atoms with van der Waals surface area (Å²) in [5, 5.41) is 26.9. The smallest absolute Gasteiger partial charge is 0.422 e. The Morgan fingerprint density at radius 2 is 1.00 bits per heavy atom. The Morgan fingerprint density at radius 1 is 0.607 bits per heavy atom. The number of fused-ring (bicyclic) bond motifs is 2. The van der Waals surface area contributed by atoms with E-state index in [4.69, 9.17) is 50.9 Å². The monoisotopic (exact) mass is 1310 g/mol. The van der Waals surface area contributed by atoms with E-state index in [0.29, 0.717) is 92.4 Å². The topological polar surface area (TPSA) is 354 Å². The number of sulfonamides is 2. The van der Waals surface area contributed by atoms with Gasteiger partial charge in [-0.2, -0.15) is 54.0 Å². The summed E-state index contributed by atoms with van der Waals surface area (Å²) in [6.45, 7) is 3.81. The van der Waals surface area contributed by atoms with Gasteiger partial charge in [-0.25, -0.2) is 19.9 Å². The van der Waals surface area contributed by atoms with Crippen LogP contribution in [0, 0.1) is 0 Å². The van der Waals surface area contributed by atoms with Crippen LogP contribution in [0.25, 0.3) is 22.1 Å². The quantitative estimate of drug-likeness (QED) is 0.0276. The first-order valence-electron chi connectivity index (χ1n) is 26.1. The molecule has 4 aromatic carbocycles. The number of methoxy groups -OCH3 is 4. The van der Waals surface area contributed by atoms with E-state index in [1.165, 1.54) is 21.3 Å². The molecular weight excluding hydrogens is 1240 g/mol. The number of anilines is 5. The Morgan fingerprint density at radius 3 is 1.43 bits per heavy atom. The van der Waals surface area contributed by atoms with E-state index in [-0.39, 0.29) is 55.8 Å². The molecule has 2 atom stereocenters. The second kappa shape index (κ2) is 29.2. The summed E-state index contributed by atoms with van der Waals surface area (Å²) in [7, 11) is 1.45. The van der Waals surface area contributed by atoms with Crippen molar-refractivity contribution in [1.82, 2.24) is 49.3 Å². The molecule has 0 fully saturated rings. The first-order chi connectivity index (χ1) is 41.9. The van der Waals surface area contributed by atoms with Crippen LogP contribution in [0.4, 0.5) is 46.4 Å². The van der Waals surface area contributed by atoms with Crippen LogP contribution in [0.2, 0.25) is 5.15 Å². The second-order valence-corrected chi connectivity index (χ2v) is 22.8. The Bertz CT molecular complexity index is 4030. The zero-order valence-electron chi connectivity index (χ0n) is 49.3. The number of amides is 2. The lowest BCUT2D eigenvalue weighted by Crippen LogP contribution is -2.42. The van der Waals surface area contributed by atoms with Gasteiger partial charge < -0.3 is 59.5 Å². The van der Waals surface area contributed by atoms with Gasteiger partial charge in [0.2, 0.25) is 0 Å². The van der Waals surface area contributed by atoms with Crippen molar-refractivity contribution in [3.05, 3.63) is 102 Å². The number of carbonyl (C=O) groups excluding carboxylic acids is 2. The van der Waals surface area contributed by atoms with Crippen LogP contribution in [0.1, 0.15) is 26.7 Å². The van der Waals surface area contributed by atoms with Gasteiger partial charge in [-0.05, 0) is 50.2 Å². The van der Waals surface area contributed by atoms with Crippen LogP contribution in [0.3, 0.4) is 0 Å². The van der Waals surface area contributed by atoms with Crippen molar-refractivity contribution in [2.75, 3.05) is 90.3 Å². The first-order valence-corrected chi connectivity index (χ1v) is 29.4. The maximum absolute atomic E-state index is 14.6. The normalized spacial score (nSPS) is 12.3. The highest BCUT2D eigenvalue weighted by Gasteiger charge is 2.45. The molecule has 0 saturated carbocycles. The number of nitrogens with one attached hydrogen (secondary N) is 3. The zero-order valence-corrected chi connectivity index (χ0v) is 51.7. The summed E-state index contributed by atoms with van der Waals surface area (Å²) in [6.07, 6.45) is 1.17. The van der Waals surface area contributed by atoms with E-state index < -0.39 is 66.2 Å². The minimum atomic E-state index is -4.63. The summed E-state index contributed by atoms with van der Waals surface area (Å²) < 4.78 is 146. The van der Waals surface area contributed by atoms with Crippen molar-refractivity contribution in [3.8, 4) is 34.5 Å². The van der Waals surface area contributed by atoms with E-state index in [0.717, 1.165) is 40.3 Å². The number of nitrogen functional groups attached to an aromatic ring is 1. The number of ether oxygens (including phenoxy) is 6. The van der Waals surface area contributed by atoms with Crippen molar-refractivity contribution in [3.63, 3.8) is 0 Å². The number of hydrogen-bond donors (Lipinski definition) is 6. The predicted molar refractivity (Wildman–Crippen MR) is 318 cm³/mol. The number of nitrogens with two attached hydrogens (primary N) is 1. The molecule has 28 nitrogen and oxygen atoms in total. The van der Waals surface area contributed by atoms with Crippen LogP contribution >= 0.6 is 11.6 Å². The number of aromatic nitrogens is 8. The van der Waals surface area contributed by atoms with E-state index in [2.05, 4.69) is 44.9 Å². The fourth-order valence-corrected chi connectivity index (χ4v) is 9.52. The van der Waals surface area contributed by atoms with Gasteiger partial charge in [0, 0.05) is 77.7 Å². The molecule has 4 aromatic heterocycles. The number of hydrogen-bond acceptors (Lipinski definition) is 22. The predicted octanol–water partition coefficient (Wildman–Crippen LogP) is 6.53. The summed E-state index contributed by atoms with van der Waals surface area (Å²) in [5.74, 6) is -1.37. The van der Waals surface area contributed by atoms with Gasteiger partial charge in [-0.1, -0.05) is 35.9 Å². The molecule has 35 heteroatoms. The molecule has 8 rings (SSSR count). The molecule has 0 bridgehead atoms. The summed E-state index contributed by atoms with van der Waals surface area (Å²) in [5.41, 5.74) is 8.08. The maximum atomic E-state index is 14.6. The molecule has 480 valence electrons. The lowest BCUT2D eigenvalue weighted by molar-refractivity contribution is -0.173. The molecule has 0 saturated heterocycles. The Labute approximate surface area is 512 Å². The molecule has 0 aliphatic carbocycles. The average Bonchev–Trinajstić information content (AvgIpc) is 2.69. The average molecular weight is 1310 g/mol. The number of carbonyl (C=O) groups is 2. The molecule has 4 heterocycles. The Balaban J connectivity index is 0.000000238. The SMILES string of the molecule is CN(C)C(=O)C(F)(F)n1ccc(S(=O)(=O)Nc2nc3ccccc3nc2Cl)n1.COc1cc(N)c(OCCC(C)O)c(OC)c1.COc1cc(Nc2nc3ccccc3nc2NS(=O)(=O)c2ccn(C(F)(F)C(=O)N(C)C)n2)c(OCCC(C)O)c(OC)c1. The van der Waals surface area contributed by atoms with Crippen molar-refractivity contribution in [2.45, 2.75) is 61.0 Å². The number of rotatable bonds is 24. The number of aliphatic hydroxyl groups excluding tert-OH is 2. The van der Waals surface area contributed by atoms with E-state index >= 15 is 0 Å². The number of benzene rings is 4. The third-order valence-corrected chi connectivity index (χ3v) is 14.7. The number of likely N-dealkylation sites (N-methyl/N-ethyl adjacent to an activating group) is 2. The molecule has 2 amide bonds. The molecule has 0 spiro atoms. The molecule has 7 N–H and O–H groups in total. The summed E-state index contributed by atoms with van der Waals surface area (Å²) in [6, 6.07) is 13.2. The number of alkyl halides is 4. The van der Waals surface area contributed by atoms with Crippen LogP contribution in [-0.4, -0.2) is 170 Å². The van der Waals surface area contributed by atoms with Crippen molar-refractivity contribution in [1.29, 1.82) is 0 Å². The van der Waals surface area contributed by atoms with Crippen LogP contribution < -0.4 is 48.9 Å². The highest BCUT2D eigenvalue weighted by atomic mass is 35.5. The van der Waals surface area contributed by atoms with Gasteiger partial charge in [-0.3, -0.25) is 19.0 Å². The molecule has 0 radical (unpaired) electrons. The third kappa shape index (κ3) is 17.1. The summed E-state index contributed by atoms with van der Waals surface area (Å²) in [4.78, 5) is 41.9. The third-order valence-electron chi connectivity index (χ3n) is 12.0. The molecular formula is C54H63ClF4N14O14S2. The number of halogens is 5. The van der Waals surface area contributed by atoms with Crippen molar-refractivity contribution >= 4 is 94.4 Å². The minimum Gasteiger partial charge on any atom is -0.497 e. The fraction of sp³-hybridized carbons (Fsp3) is 0.333. The maximum Gasteiger partial charge on any atom is 0.422 e. The van der Waals surface area contributed by atoms with Gasteiger partial charge in [0.05, 0.1) is 87.3 Å². The number of para-hydroxylation sites is 4. The Hall–Kier alpha value is -9.25. The molecule has 2 unspecified atom stereocenters. The van der Waals surface area contributed by atoms with E-state index in [1.807, 2.05) is 0 Å². The van der Waals surface area contributed by atoms with E-state index in [1.54, 1.807) is 93.8 Å². The minimum absolute atomic E-state index is 0.0302. The number of aliphatic hydroxyl groups is 2. The second-order valence-electron chi connectivity index (χ2n) is 19.2. The molecule has 8 aromatic rings. The van der Waals surface area contributed by atoms with Crippen LogP contribution in [0.15, 0.2) is 107 Å². The Kier molecular flexibility index (Phi) is 22.6. The first kappa shape index (κ1) is 68.9. The van der Waals surface area contributed by atoms with Crippen LogP contribution in [-0.2, 0) is 41.7 Å². The van der Waals surface area contributed by atoms with Gasteiger partial charge in [0.1, 0.15) is 11.5 Å². The standard InChI is InChI=1S/C27H31F2N7O7S.C15H13ClF2N6O3S.C12H19NO4/c1-16(37)11-13-43-23-20(14-17(41-4)15-21(23)42-5)32-24-25(31-19-9-7-6-8-18(19)30-24)34-44(39,40)22-10-12-36(33-22)27(28,29)26(38)35(2)3;1-23(2)14(25)15(17,18)24-8-7-11(21-24)28(26,27)22-13-12(16)19-9-5-3-4-6-10(9)20-13;1-8(14)4-5-17-12-10(13)6-9(15-2)7-11(12)16-3/h6-10,12,14-16,37H,11,13H2,1-5H3,(H,30,32)(H,31,34);3-8H,1-2H3,(H,20,22);6-8,14H,4-5,13H2,1-3H3. The zero-order chi connectivity index (χ0) is 65.8. The lowest BCUT2D eigenvalue weighted by atomic mass is 10.2. The van der Waals surface area contributed by atoms with Gasteiger partial charge >= 0.3 is 23.9 Å². The molecule has 0 aliphatic rings. The van der Waals surface area contributed by atoms with Gasteiger partial charge in [0.15, 0.2) is 55.7 Å².